The van der Waals surface area contributed by atoms with Gasteiger partial charge in [0.25, 0.3) is 0 Å². The van der Waals surface area contributed by atoms with Crippen molar-refractivity contribution >= 4 is 22.8 Å². The molecule has 4 heterocycles. The SMILES string of the molecule is COc1ccc2nccc(NC(=O)OC3CCN(CCc4ccc5c(c4)OCCO5)CC3)c2n1. The number of methoxy groups -OCH3 is 1. The molecule has 5 rings (SSSR count). The molecule has 34 heavy (non-hydrogen) atoms. The number of anilines is 1. The number of aromatic nitrogens is 2. The highest BCUT2D eigenvalue weighted by Crippen LogP contribution is 2.31. The highest BCUT2D eigenvalue weighted by atomic mass is 16.6. The van der Waals surface area contributed by atoms with Gasteiger partial charge in [-0.2, -0.15) is 0 Å². The van der Waals surface area contributed by atoms with Crippen LogP contribution in [0, 0.1) is 0 Å². The van der Waals surface area contributed by atoms with Gasteiger partial charge in [0.1, 0.15) is 24.8 Å². The number of nitrogens with one attached hydrogen (secondary N) is 1. The Morgan fingerprint density at radius 1 is 1.12 bits per heavy atom. The number of fused-ring (bicyclic) bond motifs is 2. The average molecular weight is 465 g/mol. The van der Waals surface area contributed by atoms with E-state index in [4.69, 9.17) is 18.9 Å². The first-order valence-electron chi connectivity index (χ1n) is 11.6. The number of piperidine rings is 1. The third-order valence-electron chi connectivity index (χ3n) is 6.14. The Balaban J connectivity index is 1.10. The third-order valence-corrected chi connectivity index (χ3v) is 6.14. The van der Waals surface area contributed by atoms with E-state index in [0.717, 1.165) is 50.4 Å². The molecule has 3 aromatic rings. The van der Waals surface area contributed by atoms with Crippen molar-refractivity contribution in [2.75, 3.05) is 45.3 Å². The highest BCUT2D eigenvalue weighted by Gasteiger charge is 2.23. The van der Waals surface area contributed by atoms with Gasteiger partial charge in [-0.3, -0.25) is 10.3 Å². The summed E-state index contributed by atoms with van der Waals surface area (Å²) in [5, 5.41) is 2.81. The van der Waals surface area contributed by atoms with Crippen LogP contribution in [-0.4, -0.2) is 67.0 Å². The van der Waals surface area contributed by atoms with Gasteiger partial charge in [-0.05, 0) is 49.1 Å². The van der Waals surface area contributed by atoms with Crippen LogP contribution in [0.25, 0.3) is 11.0 Å². The van der Waals surface area contributed by atoms with Gasteiger partial charge in [0.15, 0.2) is 11.5 Å². The van der Waals surface area contributed by atoms with E-state index in [9.17, 15) is 4.79 Å². The van der Waals surface area contributed by atoms with Gasteiger partial charge in [-0.15, -0.1) is 0 Å². The van der Waals surface area contributed by atoms with Crippen molar-refractivity contribution in [1.82, 2.24) is 14.9 Å². The second-order valence-electron chi connectivity index (χ2n) is 8.38. The van der Waals surface area contributed by atoms with Gasteiger partial charge < -0.3 is 23.8 Å². The third kappa shape index (κ3) is 5.14. The average Bonchev–Trinajstić information content (AvgIpc) is 2.88. The molecule has 0 bridgehead atoms. The van der Waals surface area contributed by atoms with Gasteiger partial charge in [-0.1, -0.05) is 6.07 Å². The number of amides is 1. The smallest absolute Gasteiger partial charge is 0.411 e. The standard InChI is InChI=1S/C25H28N4O5/c1-31-23-5-3-19-24(28-23)20(6-10-26-19)27-25(30)34-18-8-12-29(13-9-18)11-7-17-2-4-21-22(16-17)33-15-14-32-21/h2-6,10,16,18H,7-9,11-15H2,1H3,(H,26,27,30). The summed E-state index contributed by atoms with van der Waals surface area (Å²) >= 11 is 0. The molecule has 1 saturated heterocycles. The minimum Gasteiger partial charge on any atom is -0.486 e. The van der Waals surface area contributed by atoms with Crippen LogP contribution < -0.4 is 19.5 Å². The topological polar surface area (TPSA) is 95.0 Å². The molecule has 9 nitrogen and oxygen atoms in total. The molecular weight excluding hydrogens is 436 g/mol. The summed E-state index contributed by atoms with van der Waals surface area (Å²) < 4.78 is 22.1. The molecule has 9 heteroatoms. The molecule has 1 aromatic carbocycles. The van der Waals surface area contributed by atoms with E-state index in [2.05, 4.69) is 32.3 Å². The Labute approximate surface area is 198 Å². The normalized spacial score (nSPS) is 16.3. The molecule has 0 saturated carbocycles. The Morgan fingerprint density at radius 2 is 1.94 bits per heavy atom. The lowest BCUT2D eigenvalue weighted by Crippen LogP contribution is -2.39. The van der Waals surface area contributed by atoms with Crippen molar-refractivity contribution in [2.45, 2.75) is 25.4 Å². The van der Waals surface area contributed by atoms with Crippen LogP contribution >= 0.6 is 0 Å². The molecular formula is C25H28N4O5. The van der Waals surface area contributed by atoms with Gasteiger partial charge in [-0.25, -0.2) is 9.78 Å². The van der Waals surface area contributed by atoms with Crippen molar-refractivity contribution in [3.63, 3.8) is 0 Å². The second kappa shape index (κ2) is 10.1. The van der Waals surface area contributed by atoms with E-state index >= 15 is 0 Å². The summed E-state index contributed by atoms with van der Waals surface area (Å²) in [5.41, 5.74) is 3.01. The Kier molecular flexibility index (Phi) is 6.62. The summed E-state index contributed by atoms with van der Waals surface area (Å²) in [7, 11) is 1.55. The van der Waals surface area contributed by atoms with Crippen LogP contribution in [0.2, 0.25) is 0 Å². The van der Waals surface area contributed by atoms with Crippen LogP contribution in [-0.2, 0) is 11.2 Å². The minimum atomic E-state index is -0.480. The van der Waals surface area contributed by atoms with Crippen LogP contribution in [0.1, 0.15) is 18.4 Å². The predicted molar refractivity (Wildman–Crippen MR) is 127 cm³/mol. The molecule has 2 aromatic heterocycles. The van der Waals surface area contributed by atoms with Crippen molar-refractivity contribution in [3.8, 4) is 17.4 Å². The summed E-state index contributed by atoms with van der Waals surface area (Å²) in [6.07, 6.45) is 3.59. The quantitative estimate of drug-likeness (QED) is 0.591. The van der Waals surface area contributed by atoms with Crippen molar-refractivity contribution < 1.29 is 23.7 Å². The number of pyridine rings is 2. The van der Waals surface area contributed by atoms with Crippen molar-refractivity contribution in [2.24, 2.45) is 0 Å². The number of benzene rings is 1. The highest BCUT2D eigenvalue weighted by molar-refractivity contribution is 5.96. The lowest BCUT2D eigenvalue weighted by atomic mass is 10.1. The number of ether oxygens (including phenoxy) is 4. The van der Waals surface area contributed by atoms with Crippen LogP contribution in [0.5, 0.6) is 17.4 Å². The Hall–Kier alpha value is -3.59. The largest absolute Gasteiger partial charge is 0.486 e. The summed E-state index contributed by atoms with van der Waals surface area (Å²) in [4.78, 5) is 23.6. The number of likely N-dealkylation sites (tertiary alicyclic amines) is 1. The maximum atomic E-state index is 12.5. The lowest BCUT2D eigenvalue weighted by Gasteiger charge is -2.31. The first-order chi connectivity index (χ1) is 16.7. The second-order valence-corrected chi connectivity index (χ2v) is 8.38. The first-order valence-corrected chi connectivity index (χ1v) is 11.6. The van der Waals surface area contributed by atoms with Crippen molar-refractivity contribution in [3.05, 3.63) is 48.2 Å². The molecule has 1 N–H and O–H groups in total. The molecule has 0 radical (unpaired) electrons. The maximum absolute atomic E-state index is 12.5. The number of rotatable bonds is 6. The molecule has 2 aliphatic rings. The molecule has 0 spiro atoms. The molecule has 1 amide bonds. The fourth-order valence-electron chi connectivity index (χ4n) is 4.29. The van der Waals surface area contributed by atoms with Crippen LogP contribution in [0.4, 0.5) is 10.5 Å². The van der Waals surface area contributed by atoms with E-state index in [1.54, 1.807) is 31.5 Å². The van der Waals surface area contributed by atoms with E-state index in [0.29, 0.717) is 35.8 Å². The van der Waals surface area contributed by atoms with Gasteiger partial charge in [0.05, 0.1) is 18.3 Å². The fourth-order valence-corrected chi connectivity index (χ4v) is 4.29. The molecule has 1 fully saturated rings. The van der Waals surface area contributed by atoms with Crippen molar-refractivity contribution in [1.29, 1.82) is 0 Å². The molecule has 178 valence electrons. The summed E-state index contributed by atoms with van der Waals surface area (Å²) in [5.74, 6) is 2.11. The van der Waals surface area contributed by atoms with Gasteiger partial charge in [0.2, 0.25) is 5.88 Å². The Morgan fingerprint density at radius 3 is 2.76 bits per heavy atom. The predicted octanol–water partition coefficient (Wildman–Crippen LogP) is 3.67. The fraction of sp³-hybridized carbons (Fsp3) is 0.400. The molecule has 0 atom stereocenters. The number of hydrogen-bond acceptors (Lipinski definition) is 8. The first kappa shape index (κ1) is 22.2. The van der Waals surface area contributed by atoms with Crippen LogP contribution in [0.15, 0.2) is 42.6 Å². The lowest BCUT2D eigenvalue weighted by molar-refractivity contribution is 0.0593. The zero-order valence-electron chi connectivity index (χ0n) is 19.2. The zero-order valence-corrected chi connectivity index (χ0v) is 19.2. The van der Waals surface area contributed by atoms with Crippen LogP contribution in [0.3, 0.4) is 0 Å². The van der Waals surface area contributed by atoms with E-state index in [-0.39, 0.29) is 6.10 Å². The molecule has 0 aliphatic carbocycles. The maximum Gasteiger partial charge on any atom is 0.411 e. The number of carbonyl (C=O) groups is 1. The number of carbonyl (C=O) groups excluding carboxylic acids is 1. The Bertz CT molecular complexity index is 1160. The van der Waals surface area contributed by atoms with Gasteiger partial charge in [0, 0.05) is 31.9 Å². The monoisotopic (exact) mass is 464 g/mol. The van der Waals surface area contributed by atoms with Gasteiger partial charge >= 0.3 is 6.09 Å². The van der Waals surface area contributed by atoms with E-state index in [1.807, 2.05) is 6.07 Å². The zero-order chi connectivity index (χ0) is 23.3. The van der Waals surface area contributed by atoms with E-state index in [1.165, 1.54) is 5.56 Å². The number of nitrogens with zero attached hydrogens (tertiary/aromatic N) is 3. The number of hydrogen-bond donors (Lipinski definition) is 1. The summed E-state index contributed by atoms with van der Waals surface area (Å²) in [6.45, 7) is 3.93. The minimum absolute atomic E-state index is 0.110. The summed E-state index contributed by atoms with van der Waals surface area (Å²) in [6, 6.07) is 11.4. The van der Waals surface area contributed by atoms with E-state index < -0.39 is 6.09 Å². The molecule has 2 aliphatic heterocycles. The molecule has 0 unspecified atom stereocenters.